The van der Waals surface area contributed by atoms with Gasteiger partial charge in [-0.3, -0.25) is 0 Å². The maximum atomic E-state index is 5.55. The highest BCUT2D eigenvalue weighted by atomic mass is 14.9. The van der Waals surface area contributed by atoms with E-state index >= 15 is 0 Å². The highest BCUT2D eigenvalue weighted by Gasteiger charge is 2.42. The molecule has 0 amide bonds. The van der Waals surface area contributed by atoms with Crippen LogP contribution in [0.1, 0.15) is 95.2 Å². The number of nitrogens with zero attached hydrogens (tertiary/aromatic N) is 4. The standard InChI is InChI=1S/C82H58N4/c1-81(2)69-33-19-17-27-57(69)59-39-35-51(45-71(59)81)55-25-11-13-29-61(55)75-47-73(49-21-7-5-8-22-49)83-79(85-75)53-37-41-65-67(43-53)77-63-31-15-16-32-64(63)78(65)68-44-54(38-42-66(68)77)80-84-74(50-23-9-6-10-24-50)48-76(86-80)62-30-14-12-26-56(62)52-36-40-60-58-28-18-20-34-70(58)82(3,4)72(60)46-52/h5-48,77-78H,1-4H3. The van der Waals surface area contributed by atoms with E-state index in [-0.39, 0.29) is 22.7 Å². The second-order valence-corrected chi connectivity index (χ2v) is 24.8. The van der Waals surface area contributed by atoms with Crippen molar-refractivity contribution >= 4 is 0 Å². The fourth-order valence-corrected chi connectivity index (χ4v) is 15.1. The van der Waals surface area contributed by atoms with Gasteiger partial charge in [-0.15, -0.1) is 0 Å². The first kappa shape index (κ1) is 50.1. The Morgan fingerprint density at radius 3 is 0.977 bits per heavy atom. The van der Waals surface area contributed by atoms with Gasteiger partial charge in [0.25, 0.3) is 0 Å². The zero-order valence-corrected chi connectivity index (χ0v) is 48.3. The SMILES string of the molecule is CC1(C)c2ccccc2-c2ccc(-c3ccccc3-c3cc(-c4ccccc4)nc(-c4ccc5c(c4)C4c6ccccc6C5c5cc(-c6nc(-c7ccccc7)cc(-c7ccccc7-c7ccc8c(c7)C(C)(C)c7ccccc7-8)n6)ccc54)n3)cc21. The van der Waals surface area contributed by atoms with Crippen LogP contribution in [-0.2, 0) is 10.8 Å². The number of hydrogen-bond acceptors (Lipinski definition) is 4. The van der Waals surface area contributed by atoms with Crippen molar-refractivity contribution in [3.05, 3.63) is 323 Å². The van der Waals surface area contributed by atoms with Crippen LogP contribution in [0.25, 0.3) is 112 Å². The van der Waals surface area contributed by atoms with Gasteiger partial charge in [-0.1, -0.05) is 258 Å². The van der Waals surface area contributed by atoms with Crippen LogP contribution in [0.4, 0.5) is 0 Å². The topological polar surface area (TPSA) is 51.6 Å². The summed E-state index contributed by atoms with van der Waals surface area (Å²) in [5.74, 6) is 1.42. The van der Waals surface area contributed by atoms with E-state index in [1.54, 1.807) is 0 Å². The molecule has 406 valence electrons. The molecule has 2 atom stereocenters. The molecule has 0 radical (unpaired) electrons. The normalized spacial score (nSPS) is 15.6. The molecule has 0 N–H and O–H groups in total. The molecule has 5 aliphatic rings. The molecule has 4 nitrogen and oxygen atoms in total. The third-order valence-electron chi connectivity index (χ3n) is 19.3. The second-order valence-electron chi connectivity index (χ2n) is 24.8. The molecule has 0 spiro atoms. The van der Waals surface area contributed by atoms with Crippen LogP contribution in [0.5, 0.6) is 0 Å². The lowest BCUT2D eigenvalue weighted by Gasteiger charge is -2.42. The van der Waals surface area contributed by atoms with E-state index in [4.69, 9.17) is 19.9 Å². The Bertz CT molecular complexity index is 4640. The molecule has 5 aliphatic carbocycles. The van der Waals surface area contributed by atoms with E-state index in [1.165, 1.54) is 89.0 Å². The van der Waals surface area contributed by atoms with Gasteiger partial charge in [0, 0.05) is 56.0 Å². The smallest absolute Gasteiger partial charge is 0.160 e. The number of aromatic nitrogens is 4. The van der Waals surface area contributed by atoms with Crippen LogP contribution >= 0.6 is 0 Å². The molecule has 2 aromatic heterocycles. The van der Waals surface area contributed by atoms with Crippen LogP contribution in [0, 0.1) is 0 Å². The van der Waals surface area contributed by atoms with Crippen molar-refractivity contribution < 1.29 is 0 Å². The summed E-state index contributed by atoms with van der Waals surface area (Å²) in [6, 6.07) is 97.6. The molecule has 18 rings (SSSR count). The second kappa shape index (κ2) is 19.1. The molecular formula is C82H58N4. The Labute approximate surface area is 502 Å². The largest absolute Gasteiger partial charge is 0.228 e. The summed E-state index contributed by atoms with van der Waals surface area (Å²) in [6.45, 7) is 9.40. The van der Waals surface area contributed by atoms with Gasteiger partial charge in [0.15, 0.2) is 11.6 Å². The van der Waals surface area contributed by atoms with Crippen molar-refractivity contribution in [1.82, 2.24) is 19.9 Å². The minimum Gasteiger partial charge on any atom is -0.228 e. The summed E-state index contributed by atoms with van der Waals surface area (Å²) in [4.78, 5) is 21.9. The fourth-order valence-electron chi connectivity index (χ4n) is 15.1. The van der Waals surface area contributed by atoms with E-state index in [9.17, 15) is 0 Å². The van der Waals surface area contributed by atoms with Crippen molar-refractivity contribution in [2.24, 2.45) is 0 Å². The molecule has 86 heavy (non-hydrogen) atoms. The molecule has 2 unspecified atom stereocenters. The fraction of sp³-hybridized carbons (Fsp3) is 0.0976. The van der Waals surface area contributed by atoms with Gasteiger partial charge in [-0.2, -0.15) is 0 Å². The van der Waals surface area contributed by atoms with Gasteiger partial charge in [0.2, 0.25) is 0 Å². The highest BCUT2D eigenvalue weighted by molar-refractivity contribution is 5.91. The Balaban J connectivity index is 0.768. The molecule has 2 heterocycles. The van der Waals surface area contributed by atoms with E-state index in [2.05, 4.69) is 295 Å². The van der Waals surface area contributed by atoms with E-state index in [1.807, 2.05) is 0 Å². The molecule has 13 aromatic rings. The lowest BCUT2D eigenvalue weighted by Crippen LogP contribution is -2.27. The minimum absolute atomic E-state index is 0.00648. The number of hydrogen-bond donors (Lipinski definition) is 0. The number of rotatable bonds is 8. The van der Waals surface area contributed by atoms with Gasteiger partial charge in [-0.05, 0) is 137 Å². The third kappa shape index (κ3) is 7.69. The predicted molar refractivity (Wildman–Crippen MR) is 351 cm³/mol. The average molecular weight is 1100 g/mol. The zero-order valence-electron chi connectivity index (χ0n) is 48.3. The Morgan fingerprint density at radius 1 is 0.221 bits per heavy atom. The Kier molecular flexibility index (Phi) is 11.1. The first-order valence-corrected chi connectivity index (χ1v) is 30.1. The van der Waals surface area contributed by atoms with Crippen LogP contribution in [0.2, 0.25) is 0 Å². The first-order valence-electron chi connectivity index (χ1n) is 30.1. The van der Waals surface area contributed by atoms with Crippen LogP contribution < -0.4 is 0 Å². The number of benzene rings is 11. The molecule has 0 aliphatic heterocycles. The van der Waals surface area contributed by atoms with Gasteiger partial charge >= 0.3 is 0 Å². The zero-order chi connectivity index (χ0) is 57.4. The lowest BCUT2D eigenvalue weighted by molar-refractivity contribution is 0.660. The molecule has 0 saturated carbocycles. The Hall–Kier alpha value is -10.4. The third-order valence-corrected chi connectivity index (χ3v) is 19.3. The van der Waals surface area contributed by atoms with E-state index < -0.39 is 0 Å². The van der Waals surface area contributed by atoms with Crippen molar-refractivity contribution in [2.75, 3.05) is 0 Å². The average Bonchev–Trinajstić information content (AvgIpc) is 1.23. The predicted octanol–water partition coefficient (Wildman–Crippen LogP) is 20.2. The van der Waals surface area contributed by atoms with Crippen LogP contribution in [-0.4, -0.2) is 19.9 Å². The summed E-state index contributed by atoms with van der Waals surface area (Å²) in [5.41, 5.74) is 32.8. The van der Waals surface area contributed by atoms with Gasteiger partial charge < -0.3 is 0 Å². The summed E-state index contributed by atoms with van der Waals surface area (Å²) in [7, 11) is 0. The maximum Gasteiger partial charge on any atom is 0.160 e. The van der Waals surface area contributed by atoms with Gasteiger partial charge in [0.05, 0.1) is 22.8 Å². The van der Waals surface area contributed by atoms with E-state index in [0.29, 0.717) is 11.6 Å². The molecule has 0 saturated heterocycles. The summed E-state index contributed by atoms with van der Waals surface area (Å²) >= 11 is 0. The molecular weight excluding hydrogens is 1040 g/mol. The monoisotopic (exact) mass is 1100 g/mol. The number of fused-ring (bicyclic) bond motifs is 6. The Morgan fingerprint density at radius 2 is 0.547 bits per heavy atom. The molecule has 4 heteroatoms. The van der Waals surface area contributed by atoms with Crippen LogP contribution in [0.3, 0.4) is 0 Å². The maximum absolute atomic E-state index is 5.55. The molecule has 0 fully saturated rings. The lowest BCUT2D eigenvalue weighted by atomic mass is 9.61. The summed E-state index contributed by atoms with van der Waals surface area (Å²) in [5, 5.41) is 0. The van der Waals surface area contributed by atoms with Gasteiger partial charge in [0.1, 0.15) is 0 Å². The van der Waals surface area contributed by atoms with Crippen molar-refractivity contribution in [2.45, 2.75) is 50.4 Å². The highest BCUT2D eigenvalue weighted by Crippen LogP contribution is 2.58. The quantitative estimate of drug-likeness (QED) is 0.152. The van der Waals surface area contributed by atoms with Crippen molar-refractivity contribution in [3.8, 4) is 112 Å². The summed E-state index contributed by atoms with van der Waals surface area (Å²) < 4.78 is 0. The van der Waals surface area contributed by atoms with E-state index in [0.717, 1.165) is 67.3 Å². The molecule has 2 bridgehead atoms. The first-order chi connectivity index (χ1) is 42.1. The summed E-state index contributed by atoms with van der Waals surface area (Å²) in [6.07, 6.45) is 0. The van der Waals surface area contributed by atoms with Gasteiger partial charge in [-0.25, -0.2) is 19.9 Å². The van der Waals surface area contributed by atoms with Crippen LogP contribution in [0.15, 0.2) is 267 Å². The molecule has 11 aromatic carbocycles. The van der Waals surface area contributed by atoms with Crippen molar-refractivity contribution in [1.29, 1.82) is 0 Å². The minimum atomic E-state index is -0.119. The van der Waals surface area contributed by atoms with Crippen molar-refractivity contribution in [3.63, 3.8) is 0 Å².